The van der Waals surface area contributed by atoms with Gasteiger partial charge in [-0.15, -0.1) is 0 Å². The Labute approximate surface area is 107 Å². The number of carbonyl (C=O) groups is 1. The first-order valence-corrected chi connectivity index (χ1v) is 6.17. The lowest BCUT2D eigenvalue weighted by Gasteiger charge is -2.28. The van der Waals surface area contributed by atoms with Crippen LogP contribution in [-0.4, -0.2) is 11.4 Å². The number of nitrogen functional groups attached to an aromatic ring is 1. The van der Waals surface area contributed by atoms with Crippen LogP contribution >= 0.6 is 11.6 Å². The van der Waals surface area contributed by atoms with Gasteiger partial charge < -0.3 is 11.1 Å². The minimum atomic E-state index is -0.175. The molecule has 0 unspecified atom stereocenters. The number of halogens is 1. The third-order valence-electron chi connectivity index (χ3n) is 3.23. The summed E-state index contributed by atoms with van der Waals surface area (Å²) in [4.78, 5) is 12.0. The molecule has 0 aliphatic heterocycles. The highest BCUT2D eigenvalue weighted by Crippen LogP contribution is 2.20. The lowest BCUT2D eigenvalue weighted by molar-refractivity contribution is 0.0901. The lowest BCUT2D eigenvalue weighted by atomic mass is 9.95. The molecule has 0 aliphatic rings. The number of amides is 1. The fourth-order valence-corrected chi connectivity index (χ4v) is 1.58. The smallest absolute Gasteiger partial charge is 0.251 e. The molecule has 1 aromatic carbocycles. The molecule has 0 heterocycles. The number of rotatable bonds is 4. The van der Waals surface area contributed by atoms with Crippen molar-refractivity contribution in [2.24, 2.45) is 0 Å². The number of hydrogen-bond acceptors (Lipinski definition) is 2. The van der Waals surface area contributed by atoms with E-state index in [4.69, 9.17) is 17.3 Å². The molecule has 1 amide bonds. The van der Waals surface area contributed by atoms with Crippen LogP contribution in [0, 0.1) is 0 Å². The van der Waals surface area contributed by atoms with Crippen LogP contribution in [-0.2, 0) is 0 Å². The Bertz CT molecular complexity index is 414. The number of carbonyl (C=O) groups excluding carboxylic acids is 1. The van der Waals surface area contributed by atoms with Crippen LogP contribution in [0.5, 0.6) is 0 Å². The number of hydrogen-bond donors (Lipinski definition) is 2. The topological polar surface area (TPSA) is 55.1 Å². The minimum absolute atomic E-state index is 0.112. The Morgan fingerprint density at radius 1 is 1.41 bits per heavy atom. The van der Waals surface area contributed by atoms with E-state index in [2.05, 4.69) is 19.2 Å². The summed E-state index contributed by atoms with van der Waals surface area (Å²) in [5, 5.41) is 3.49. The summed E-state index contributed by atoms with van der Waals surface area (Å²) < 4.78 is 0. The zero-order valence-electron chi connectivity index (χ0n) is 10.5. The minimum Gasteiger partial charge on any atom is -0.398 e. The maximum atomic E-state index is 12.0. The van der Waals surface area contributed by atoms with Gasteiger partial charge in [0.25, 0.3) is 5.91 Å². The van der Waals surface area contributed by atoms with Gasteiger partial charge in [0.15, 0.2) is 0 Å². The van der Waals surface area contributed by atoms with Crippen LogP contribution in [0.2, 0.25) is 5.02 Å². The summed E-state index contributed by atoms with van der Waals surface area (Å²) in [6, 6.07) is 4.92. The quantitative estimate of drug-likeness (QED) is 0.811. The van der Waals surface area contributed by atoms with Crippen LogP contribution in [0.25, 0.3) is 0 Å². The molecule has 3 N–H and O–H groups in total. The number of benzene rings is 1. The van der Waals surface area contributed by atoms with Crippen molar-refractivity contribution in [2.45, 2.75) is 39.2 Å². The van der Waals surface area contributed by atoms with Gasteiger partial charge in [0.05, 0.1) is 10.7 Å². The van der Waals surface area contributed by atoms with E-state index >= 15 is 0 Å². The van der Waals surface area contributed by atoms with Crippen molar-refractivity contribution >= 4 is 23.2 Å². The molecule has 0 saturated heterocycles. The van der Waals surface area contributed by atoms with Gasteiger partial charge in [0.2, 0.25) is 0 Å². The highest BCUT2D eigenvalue weighted by molar-refractivity contribution is 6.33. The van der Waals surface area contributed by atoms with E-state index < -0.39 is 0 Å². The Kier molecular flexibility index (Phi) is 4.40. The molecule has 0 atom stereocenters. The van der Waals surface area contributed by atoms with Gasteiger partial charge in [0.1, 0.15) is 0 Å². The molecule has 0 aliphatic carbocycles. The largest absolute Gasteiger partial charge is 0.398 e. The van der Waals surface area contributed by atoms with Crippen molar-refractivity contribution in [3.8, 4) is 0 Å². The highest BCUT2D eigenvalue weighted by atomic mass is 35.5. The maximum Gasteiger partial charge on any atom is 0.251 e. The molecule has 4 heteroatoms. The molecule has 0 fully saturated rings. The second-order valence-corrected chi connectivity index (χ2v) is 4.87. The predicted octanol–water partition coefficient (Wildman–Crippen LogP) is 3.23. The Balaban J connectivity index is 2.86. The molecule has 1 rings (SSSR count). The fourth-order valence-electron chi connectivity index (χ4n) is 1.46. The number of nitrogens with one attached hydrogen (secondary N) is 1. The van der Waals surface area contributed by atoms with Gasteiger partial charge >= 0.3 is 0 Å². The van der Waals surface area contributed by atoms with E-state index in [1.165, 1.54) is 0 Å². The first-order chi connectivity index (χ1) is 7.91. The summed E-state index contributed by atoms with van der Waals surface area (Å²) in [5.41, 5.74) is 6.47. The van der Waals surface area contributed by atoms with Gasteiger partial charge in [-0.2, -0.15) is 0 Å². The zero-order valence-corrected chi connectivity index (χ0v) is 11.3. The maximum absolute atomic E-state index is 12.0. The molecule has 0 spiro atoms. The van der Waals surface area contributed by atoms with Gasteiger partial charge in [0, 0.05) is 11.1 Å². The lowest BCUT2D eigenvalue weighted by Crippen LogP contribution is -2.44. The standard InChI is InChI=1S/C13H19ClN2O/c1-4-13(3,5-2)16-12(17)9-6-7-10(14)11(15)8-9/h6-8H,4-5,15H2,1-3H3,(H,16,17). The van der Waals surface area contributed by atoms with Gasteiger partial charge in [-0.05, 0) is 38.0 Å². The molecule has 3 nitrogen and oxygen atoms in total. The van der Waals surface area contributed by atoms with E-state index in [0.29, 0.717) is 16.3 Å². The molecule has 17 heavy (non-hydrogen) atoms. The van der Waals surface area contributed by atoms with Crippen molar-refractivity contribution in [1.29, 1.82) is 0 Å². The zero-order chi connectivity index (χ0) is 13.1. The summed E-state index contributed by atoms with van der Waals surface area (Å²) in [6.07, 6.45) is 1.77. The summed E-state index contributed by atoms with van der Waals surface area (Å²) in [7, 11) is 0. The Morgan fingerprint density at radius 2 is 2.00 bits per heavy atom. The Hall–Kier alpha value is -1.22. The molecule has 1 aromatic rings. The SMILES string of the molecule is CCC(C)(CC)NC(=O)c1ccc(Cl)c(N)c1. The third kappa shape index (κ3) is 3.37. The first-order valence-electron chi connectivity index (χ1n) is 5.79. The monoisotopic (exact) mass is 254 g/mol. The third-order valence-corrected chi connectivity index (χ3v) is 3.58. The van der Waals surface area contributed by atoms with Crippen molar-refractivity contribution in [2.75, 3.05) is 5.73 Å². The molecular formula is C13H19ClN2O. The highest BCUT2D eigenvalue weighted by Gasteiger charge is 2.22. The first kappa shape index (κ1) is 13.8. The molecule has 0 aromatic heterocycles. The Morgan fingerprint density at radius 3 is 2.47 bits per heavy atom. The van der Waals surface area contributed by atoms with Crippen LogP contribution in [0.3, 0.4) is 0 Å². The van der Waals surface area contributed by atoms with E-state index in [1.54, 1.807) is 18.2 Å². The van der Waals surface area contributed by atoms with Gasteiger partial charge in [-0.3, -0.25) is 4.79 Å². The van der Waals surface area contributed by atoms with E-state index in [-0.39, 0.29) is 11.4 Å². The molecule has 0 bridgehead atoms. The number of nitrogens with two attached hydrogens (primary N) is 1. The second-order valence-electron chi connectivity index (χ2n) is 4.46. The predicted molar refractivity (Wildman–Crippen MR) is 72.3 cm³/mol. The van der Waals surface area contributed by atoms with Crippen molar-refractivity contribution in [3.05, 3.63) is 28.8 Å². The van der Waals surface area contributed by atoms with Crippen LogP contribution in [0.4, 0.5) is 5.69 Å². The molecule has 94 valence electrons. The van der Waals surface area contributed by atoms with E-state index in [0.717, 1.165) is 12.8 Å². The normalized spacial score (nSPS) is 11.3. The van der Waals surface area contributed by atoms with Gasteiger partial charge in [-0.25, -0.2) is 0 Å². The van der Waals surface area contributed by atoms with Crippen LogP contribution in [0.1, 0.15) is 44.0 Å². The average Bonchev–Trinajstić information content (AvgIpc) is 2.32. The second kappa shape index (κ2) is 5.41. The molecular weight excluding hydrogens is 236 g/mol. The average molecular weight is 255 g/mol. The summed E-state index contributed by atoms with van der Waals surface area (Å²) >= 11 is 5.82. The van der Waals surface area contributed by atoms with E-state index in [9.17, 15) is 4.79 Å². The van der Waals surface area contributed by atoms with Crippen molar-refractivity contribution in [3.63, 3.8) is 0 Å². The van der Waals surface area contributed by atoms with Crippen molar-refractivity contribution in [1.82, 2.24) is 5.32 Å². The van der Waals surface area contributed by atoms with Crippen LogP contribution in [0.15, 0.2) is 18.2 Å². The van der Waals surface area contributed by atoms with E-state index in [1.807, 2.05) is 6.92 Å². The fraction of sp³-hybridized carbons (Fsp3) is 0.462. The number of anilines is 1. The van der Waals surface area contributed by atoms with Crippen LogP contribution < -0.4 is 11.1 Å². The molecule has 0 radical (unpaired) electrons. The summed E-state index contributed by atoms with van der Waals surface area (Å²) in [5.74, 6) is -0.112. The molecule has 0 saturated carbocycles. The van der Waals surface area contributed by atoms with Crippen molar-refractivity contribution < 1.29 is 4.79 Å². The summed E-state index contributed by atoms with van der Waals surface area (Å²) in [6.45, 7) is 6.14. The van der Waals surface area contributed by atoms with Gasteiger partial charge in [-0.1, -0.05) is 25.4 Å².